The lowest BCUT2D eigenvalue weighted by molar-refractivity contribution is -0.133. The van der Waals surface area contributed by atoms with E-state index in [0.29, 0.717) is 47.7 Å². The van der Waals surface area contributed by atoms with Crippen molar-refractivity contribution in [2.24, 2.45) is 0 Å². The number of methoxy groups -OCH3 is 3. The van der Waals surface area contributed by atoms with Gasteiger partial charge < -0.3 is 29.7 Å². The normalized spacial score (nSPS) is 16.7. The minimum atomic E-state index is -3.68. The smallest absolute Gasteiger partial charge is 0.411 e. The minimum absolute atomic E-state index is 0.0926. The van der Waals surface area contributed by atoms with Crippen molar-refractivity contribution in [2.45, 2.75) is 42.9 Å². The Morgan fingerprint density at radius 3 is 2.42 bits per heavy atom. The third-order valence-corrected chi connectivity index (χ3v) is 10.1. The van der Waals surface area contributed by atoms with Gasteiger partial charge in [-0.1, -0.05) is 12.1 Å². The van der Waals surface area contributed by atoms with E-state index in [0.717, 1.165) is 24.3 Å². The molecule has 1 fully saturated rings. The average Bonchev–Trinajstić information content (AvgIpc) is 3.68. The van der Waals surface area contributed by atoms with Crippen LogP contribution in [-0.4, -0.2) is 53.2 Å². The largest absolute Gasteiger partial charge is 0.493 e. The standard InChI is InChI=1S/C30H33IN4O7S/c1-40-25-10-7-18(14-26(25)41-2)28(33-21-8-6-19-16-32-17-20(19)13-21)29(36)35-12-4-5-24(35)23-15-22(34-30(37)42-3)9-11-27(23)43(31,38)39/h6-11,13-15,24,28,32-33H,4-5,12,16-17H2,1-3H3,(H,34,37)/t24-,28?/m1/s1. The molecule has 2 aliphatic rings. The van der Waals surface area contributed by atoms with Crippen LogP contribution in [0.5, 0.6) is 11.5 Å². The van der Waals surface area contributed by atoms with E-state index >= 15 is 0 Å². The molecule has 11 nitrogen and oxygen atoms in total. The Morgan fingerprint density at radius 2 is 1.70 bits per heavy atom. The predicted molar refractivity (Wildman–Crippen MR) is 170 cm³/mol. The summed E-state index contributed by atoms with van der Waals surface area (Å²) in [7, 11) is 0.656. The Balaban J connectivity index is 1.55. The first-order valence-corrected chi connectivity index (χ1v) is 17.7. The van der Waals surface area contributed by atoms with Gasteiger partial charge in [0.1, 0.15) is 6.04 Å². The zero-order chi connectivity index (χ0) is 30.7. The number of likely N-dealkylation sites (tertiary alicyclic amines) is 1. The van der Waals surface area contributed by atoms with Gasteiger partial charge in [0, 0.05) is 31.0 Å². The Labute approximate surface area is 262 Å². The fourth-order valence-electron chi connectivity index (χ4n) is 5.67. The van der Waals surface area contributed by atoms with Crippen LogP contribution in [0.2, 0.25) is 0 Å². The second-order valence-electron chi connectivity index (χ2n) is 10.3. The van der Waals surface area contributed by atoms with Gasteiger partial charge in [0.15, 0.2) is 11.5 Å². The monoisotopic (exact) mass is 720 g/mol. The third-order valence-electron chi connectivity index (χ3n) is 7.74. The van der Waals surface area contributed by atoms with Gasteiger partial charge in [-0.05, 0) is 77.6 Å². The molecule has 2 atom stereocenters. The first-order chi connectivity index (χ1) is 20.6. The molecule has 43 heavy (non-hydrogen) atoms. The van der Waals surface area contributed by atoms with Crippen molar-refractivity contribution >= 4 is 51.6 Å². The second kappa shape index (κ2) is 13.0. The summed E-state index contributed by atoms with van der Waals surface area (Å²) in [5.74, 6) is 0.791. The first kappa shape index (κ1) is 30.9. The highest BCUT2D eigenvalue weighted by atomic mass is 127. The average molecular weight is 721 g/mol. The molecule has 5 rings (SSSR count). The van der Waals surface area contributed by atoms with Crippen LogP contribution in [0.15, 0.2) is 59.5 Å². The molecule has 228 valence electrons. The number of halogens is 1. The number of rotatable bonds is 9. The molecule has 2 aliphatic heterocycles. The lowest BCUT2D eigenvalue weighted by atomic mass is 10.00. The number of carbonyl (C=O) groups is 2. The maximum absolute atomic E-state index is 14.5. The Morgan fingerprint density at radius 1 is 0.953 bits per heavy atom. The first-order valence-electron chi connectivity index (χ1n) is 13.7. The lowest BCUT2D eigenvalue weighted by Gasteiger charge is -2.31. The number of hydrogen-bond acceptors (Lipinski definition) is 9. The van der Waals surface area contributed by atoms with E-state index in [4.69, 9.17) is 14.2 Å². The van der Waals surface area contributed by atoms with Gasteiger partial charge in [-0.15, -0.1) is 0 Å². The van der Waals surface area contributed by atoms with Crippen LogP contribution in [0.1, 0.15) is 47.2 Å². The molecule has 0 aliphatic carbocycles. The molecule has 0 saturated carbocycles. The van der Waals surface area contributed by atoms with Gasteiger partial charge >= 0.3 is 6.09 Å². The summed E-state index contributed by atoms with van der Waals surface area (Å²) >= 11 is 1.40. The predicted octanol–water partition coefficient (Wildman–Crippen LogP) is 5.13. The van der Waals surface area contributed by atoms with Crippen molar-refractivity contribution in [1.29, 1.82) is 0 Å². The Kier molecular flexibility index (Phi) is 9.32. The lowest BCUT2D eigenvalue weighted by Crippen LogP contribution is -2.38. The van der Waals surface area contributed by atoms with E-state index in [2.05, 4.69) is 16.0 Å². The number of ether oxygens (including phenoxy) is 3. The molecule has 0 bridgehead atoms. The molecule has 2 heterocycles. The molecule has 0 spiro atoms. The highest BCUT2D eigenvalue weighted by Gasteiger charge is 2.37. The molecular weight excluding hydrogens is 687 g/mol. The molecular formula is C30H33IN4O7S. The molecule has 0 aromatic heterocycles. The van der Waals surface area contributed by atoms with Crippen LogP contribution in [-0.2, 0) is 29.6 Å². The maximum atomic E-state index is 14.5. The van der Waals surface area contributed by atoms with E-state index in [1.165, 1.54) is 53.1 Å². The molecule has 1 unspecified atom stereocenters. The van der Waals surface area contributed by atoms with E-state index in [-0.39, 0.29) is 10.8 Å². The molecule has 3 aromatic rings. The number of hydrogen-bond donors (Lipinski definition) is 3. The second-order valence-corrected chi connectivity index (χ2v) is 15.1. The van der Waals surface area contributed by atoms with E-state index in [9.17, 15) is 18.0 Å². The summed E-state index contributed by atoms with van der Waals surface area (Å²) in [6.45, 7) is 1.98. The van der Waals surface area contributed by atoms with Crippen LogP contribution in [0.3, 0.4) is 0 Å². The van der Waals surface area contributed by atoms with Crippen molar-refractivity contribution < 1.29 is 32.2 Å². The molecule has 3 aromatic carbocycles. The summed E-state index contributed by atoms with van der Waals surface area (Å²) in [6, 6.07) is 14.6. The summed E-state index contributed by atoms with van der Waals surface area (Å²) < 4.78 is 41.3. The van der Waals surface area contributed by atoms with Crippen molar-refractivity contribution in [3.8, 4) is 11.5 Å². The molecule has 13 heteroatoms. The number of nitrogens with zero attached hydrogens (tertiary/aromatic N) is 1. The summed E-state index contributed by atoms with van der Waals surface area (Å²) in [6.07, 6.45) is 0.544. The molecule has 0 radical (unpaired) electrons. The van der Waals surface area contributed by atoms with Crippen LogP contribution >= 0.6 is 21.2 Å². The third kappa shape index (κ3) is 6.68. The topological polar surface area (TPSA) is 135 Å². The summed E-state index contributed by atoms with van der Waals surface area (Å²) in [5, 5.41) is 9.38. The Bertz CT molecular complexity index is 1650. The SMILES string of the molecule is COC(=O)Nc1ccc(S(=O)(=O)I)c([C@H]2CCCN2C(=O)C(Nc2ccc3c(c2)CNC3)c2ccc(OC)c(OC)c2)c1. The van der Waals surface area contributed by atoms with Crippen molar-refractivity contribution in [1.82, 2.24) is 10.2 Å². The number of amides is 2. The Hall–Kier alpha value is -3.56. The van der Waals surface area contributed by atoms with Crippen LogP contribution in [0, 0.1) is 0 Å². The van der Waals surface area contributed by atoms with E-state index in [1.807, 2.05) is 24.3 Å². The van der Waals surface area contributed by atoms with Crippen molar-refractivity contribution in [2.75, 3.05) is 38.5 Å². The van der Waals surface area contributed by atoms with E-state index in [1.54, 1.807) is 30.2 Å². The number of carbonyl (C=O) groups excluding carboxylic acids is 2. The molecule has 3 N–H and O–H groups in total. The highest BCUT2D eigenvalue weighted by molar-refractivity contribution is 14.2. The van der Waals surface area contributed by atoms with Gasteiger partial charge in [0.25, 0.3) is 0 Å². The van der Waals surface area contributed by atoms with Crippen LogP contribution < -0.4 is 25.4 Å². The molecule has 2 amide bonds. The quantitative estimate of drug-likeness (QED) is 0.203. The zero-order valence-electron chi connectivity index (χ0n) is 24.0. The summed E-state index contributed by atoms with van der Waals surface area (Å²) in [4.78, 5) is 28.2. The number of fused-ring (bicyclic) bond motifs is 1. The minimum Gasteiger partial charge on any atom is -0.493 e. The zero-order valence-corrected chi connectivity index (χ0v) is 27.0. The number of benzene rings is 3. The fraction of sp³-hybridized carbons (Fsp3) is 0.333. The molecule has 1 saturated heterocycles. The van der Waals surface area contributed by atoms with Crippen LogP contribution in [0.4, 0.5) is 16.2 Å². The van der Waals surface area contributed by atoms with Gasteiger partial charge in [0.2, 0.25) is 12.9 Å². The van der Waals surface area contributed by atoms with Gasteiger partial charge in [0.05, 0.1) is 53.5 Å². The number of anilines is 2. The van der Waals surface area contributed by atoms with Gasteiger partial charge in [-0.2, -0.15) is 0 Å². The highest BCUT2D eigenvalue weighted by Crippen LogP contribution is 2.41. The maximum Gasteiger partial charge on any atom is 0.411 e. The van der Waals surface area contributed by atoms with E-state index < -0.39 is 25.2 Å². The summed E-state index contributed by atoms with van der Waals surface area (Å²) in [5.41, 5.74) is 4.62. The fourth-order valence-corrected chi connectivity index (χ4v) is 7.58. The van der Waals surface area contributed by atoms with Gasteiger partial charge in [-0.25, -0.2) is 13.2 Å². The van der Waals surface area contributed by atoms with Crippen molar-refractivity contribution in [3.63, 3.8) is 0 Å². The van der Waals surface area contributed by atoms with Crippen molar-refractivity contribution in [3.05, 3.63) is 76.9 Å². The van der Waals surface area contributed by atoms with Gasteiger partial charge in [-0.3, -0.25) is 10.1 Å². The number of nitrogens with one attached hydrogen (secondary N) is 3. The van der Waals surface area contributed by atoms with Crippen LogP contribution in [0.25, 0.3) is 0 Å².